The summed E-state index contributed by atoms with van der Waals surface area (Å²) < 4.78 is 18.6. The number of carbonyl (C=O) groups is 2. The standard InChI is InChI=1S/C17H20FNO4/c1-23-14-6-5-12(18)7-11(14)8-15(20)19-9-10-3-2-4-13(10)16(19)17(21)22/h5-7,10,13,16H,2-4,8-9H2,1H3,(H,21,22)/t10-,13-,16+/m0/s1. The van der Waals surface area contributed by atoms with E-state index in [9.17, 15) is 19.1 Å². The number of fused-ring (bicyclic) bond motifs is 1. The van der Waals surface area contributed by atoms with E-state index < -0.39 is 17.8 Å². The summed E-state index contributed by atoms with van der Waals surface area (Å²) in [5.41, 5.74) is 0.443. The Morgan fingerprint density at radius 1 is 1.39 bits per heavy atom. The van der Waals surface area contributed by atoms with Gasteiger partial charge in [0.1, 0.15) is 17.6 Å². The Morgan fingerprint density at radius 2 is 2.17 bits per heavy atom. The summed E-state index contributed by atoms with van der Waals surface area (Å²) in [6.07, 6.45) is 2.80. The maximum atomic E-state index is 13.4. The molecule has 2 aliphatic rings. The number of ether oxygens (including phenoxy) is 1. The van der Waals surface area contributed by atoms with Crippen LogP contribution >= 0.6 is 0 Å². The van der Waals surface area contributed by atoms with Crippen molar-refractivity contribution in [1.82, 2.24) is 4.90 Å². The summed E-state index contributed by atoms with van der Waals surface area (Å²) in [5.74, 6) is -0.914. The van der Waals surface area contributed by atoms with Crippen LogP contribution in [-0.4, -0.2) is 41.6 Å². The third-order valence-corrected chi connectivity index (χ3v) is 5.05. The van der Waals surface area contributed by atoms with Crippen LogP contribution in [0.4, 0.5) is 4.39 Å². The van der Waals surface area contributed by atoms with Gasteiger partial charge in [0.15, 0.2) is 0 Å². The van der Waals surface area contributed by atoms with E-state index in [0.717, 1.165) is 19.3 Å². The van der Waals surface area contributed by atoms with Crippen LogP contribution in [0.2, 0.25) is 0 Å². The van der Waals surface area contributed by atoms with Crippen LogP contribution in [0.15, 0.2) is 18.2 Å². The molecule has 1 N–H and O–H groups in total. The van der Waals surface area contributed by atoms with Gasteiger partial charge in [-0.3, -0.25) is 4.79 Å². The van der Waals surface area contributed by atoms with Gasteiger partial charge in [-0.25, -0.2) is 9.18 Å². The minimum Gasteiger partial charge on any atom is -0.496 e. The van der Waals surface area contributed by atoms with Gasteiger partial charge >= 0.3 is 5.97 Å². The molecule has 5 nitrogen and oxygen atoms in total. The number of hydrogen-bond acceptors (Lipinski definition) is 3. The number of methoxy groups -OCH3 is 1. The Balaban J connectivity index is 1.80. The summed E-state index contributed by atoms with van der Waals surface area (Å²) in [5, 5.41) is 9.51. The van der Waals surface area contributed by atoms with Crippen molar-refractivity contribution in [3.8, 4) is 5.75 Å². The van der Waals surface area contributed by atoms with E-state index in [1.165, 1.54) is 30.2 Å². The van der Waals surface area contributed by atoms with Crippen molar-refractivity contribution in [2.45, 2.75) is 31.7 Å². The van der Waals surface area contributed by atoms with Crippen molar-refractivity contribution in [2.75, 3.05) is 13.7 Å². The molecule has 3 rings (SSSR count). The van der Waals surface area contributed by atoms with E-state index in [-0.39, 0.29) is 24.2 Å². The molecule has 1 saturated heterocycles. The first-order valence-electron chi connectivity index (χ1n) is 7.86. The van der Waals surface area contributed by atoms with Crippen molar-refractivity contribution in [3.05, 3.63) is 29.6 Å². The van der Waals surface area contributed by atoms with Crippen LogP contribution < -0.4 is 4.74 Å². The van der Waals surface area contributed by atoms with Gasteiger partial charge in [0.25, 0.3) is 0 Å². The average Bonchev–Trinajstić information content (AvgIpc) is 3.07. The summed E-state index contributed by atoms with van der Waals surface area (Å²) in [7, 11) is 1.46. The summed E-state index contributed by atoms with van der Waals surface area (Å²) in [6.45, 7) is 0.484. The maximum absolute atomic E-state index is 13.4. The predicted octanol–water partition coefficient (Wildman–Crippen LogP) is 2.09. The van der Waals surface area contributed by atoms with Crippen LogP contribution in [0.3, 0.4) is 0 Å². The highest BCUT2D eigenvalue weighted by Gasteiger charge is 2.49. The molecule has 1 aromatic carbocycles. The summed E-state index contributed by atoms with van der Waals surface area (Å²) in [4.78, 5) is 25.7. The molecule has 3 atom stereocenters. The molecule has 0 radical (unpaired) electrons. The first kappa shape index (κ1) is 15.8. The molecule has 1 saturated carbocycles. The molecule has 1 aromatic rings. The van der Waals surface area contributed by atoms with Crippen molar-refractivity contribution in [2.24, 2.45) is 11.8 Å². The molecule has 6 heteroatoms. The molecule has 1 heterocycles. The normalized spacial score (nSPS) is 26.2. The lowest BCUT2D eigenvalue weighted by molar-refractivity contribution is -0.149. The van der Waals surface area contributed by atoms with Crippen LogP contribution in [0.25, 0.3) is 0 Å². The molecule has 0 unspecified atom stereocenters. The minimum atomic E-state index is -0.945. The first-order valence-corrected chi connectivity index (χ1v) is 7.86. The Labute approximate surface area is 134 Å². The van der Waals surface area contributed by atoms with E-state index in [1.807, 2.05) is 0 Å². The number of halogens is 1. The van der Waals surface area contributed by atoms with Crippen LogP contribution in [0.1, 0.15) is 24.8 Å². The maximum Gasteiger partial charge on any atom is 0.326 e. The molecule has 0 bridgehead atoms. The molecule has 1 aliphatic carbocycles. The third kappa shape index (κ3) is 2.90. The van der Waals surface area contributed by atoms with Gasteiger partial charge in [-0.05, 0) is 42.9 Å². The molecular formula is C17H20FNO4. The number of carboxylic acids is 1. The van der Waals surface area contributed by atoms with Gasteiger partial charge in [-0.2, -0.15) is 0 Å². The zero-order chi connectivity index (χ0) is 16.6. The largest absolute Gasteiger partial charge is 0.496 e. The highest BCUT2D eigenvalue weighted by Crippen LogP contribution is 2.42. The van der Waals surface area contributed by atoms with Gasteiger partial charge < -0.3 is 14.7 Å². The number of carbonyl (C=O) groups excluding carboxylic acids is 1. The van der Waals surface area contributed by atoms with E-state index in [4.69, 9.17) is 4.74 Å². The fraction of sp³-hybridized carbons (Fsp3) is 0.529. The smallest absolute Gasteiger partial charge is 0.326 e. The summed E-state index contributed by atoms with van der Waals surface area (Å²) in [6, 6.07) is 3.26. The Hall–Kier alpha value is -2.11. The quantitative estimate of drug-likeness (QED) is 0.922. The zero-order valence-electron chi connectivity index (χ0n) is 13.0. The lowest BCUT2D eigenvalue weighted by Crippen LogP contribution is -2.44. The number of carboxylic acid groups (broad SMARTS) is 1. The SMILES string of the molecule is COc1ccc(F)cc1CC(=O)N1C[C@@H]2CCC[C@@H]2[C@@H]1C(=O)O. The second-order valence-electron chi connectivity index (χ2n) is 6.32. The van der Waals surface area contributed by atoms with Crippen LogP contribution in [0, 0.1) is 17.7 Å². The number of amides is 1. The fourth-order valence-corrected chi connectivity index (χ4v) is 4.03. The molecular weight excluding hydrogens is 301 g/mol. The van der Waals surface area contributed by atoms with E-state index >= 15 is 0 Å². The molecule has 124 valence electrons. The lowest BCUT2D eigenvalue weighted by atomic mass is 9.94. The monoisotopic (exact) mass is 321 g/mol. The second kappa shape index (κ2) is 6.18. The van der Waals surface area contributed by atoms with Gasteiger partial charge in [-0.15, -0.1) is 0 Å². The molecule has 2 fully saturated rings. The molecule has 23 heavy (non-hydrogen) atoms. The number of benzene rings is 1. The van der Waals surface area contributed by atoms with Crippen molar-refractivity contribution in [1.29, 1.82) is 0 Å². The molecule has 0 aromatic heterocycles. The van der Waals surface area contributed by atoms with E-state index in [2.05, 4.69) is 0 Å². The van der Waals surface area contributed by atoms with Gasteiger partial charge in [-0.1, -0.05) is 6.42 Å². The average molecular weight is 321 g/mol. The van der Waals surface area contributed by atoms with Gasteiger partial charge in [0.2, 0.25) is 5.91 Å². The highest BCUT2D eigenvalue weighted by molar-refractivity contribution is 5.86. The minimum absolute atomic E-state index is 0.0471. The van der Waals surface area contributed by atoms with Gasteiger partial charge in [0.05, 0.1) is 13.5 Å². The van der Waals surface area contributed by atoms with Gasteiger partial charge in [0, 0.05) is 12.1 Å². The summed E-state index contributed by atoms with van der Waals surface area (Å²) >= 11 is 0. The number of nitrogens with zero attached hydrogens (tertiary/aromatic N) is 1. The molecule has 1 amide bonds. The Morgan fingerprint density at radius 3 is 2.87 bits per heavy atom. The second-order valence-corrected chi connectivity index (χ2v) is 6.32. The van der Waals surface area contributed by atoms with E-state index in [0.29, 0.717) is 17.9 Å². The van der Waals surface area contributed by atoms with Crippen molar-refractivity contribution >= 4 is 11.9 Å². The van der Waals surface area contributed by atoms with Crippen molar-refractivity contribution < 1.29 is 23.8 Å². The lowest BCUT2D eigenvalue weighted by Gasteiger charge is -2.24. The zero-order valence-corrected chi connectivity index (χ0v) is 13.0. The number of likely N-dealkylation sites (tertiary alicyclic amines) is 1. The van der Waals surface area contributed by atoms with Crippen LogP contribution in [0.5, 0.6) is 5.75 Å². The highest BCUT2D eigenvalue weighted by atomic mass is 19.1. The van der Waals surface area contributed by atoms with Crippen LogP contribution in [-0.2, 0) is 16.0 Å². The Bertz CT molecular complexity index is 633. The number of hydrogen-bond donors (Lipinski definition) is 1. The topological polar surface area (TPSA) is 66.8 Å². The molecule has 0 spiro atoms. The first-order chi connectivity index (χ1) is 11.0. The number of rotatable bonds is 4. The Kier molecular flexibility index (Phi) is 4.24. The fourth-order valence-electron chi connectivity index (χ4n) is 4.03. The third-order valence-electron chi connectivity index (χ3n) is 5.05. The number of aliphatic carboxylic acids is 1. The molecule has 1 aliphatic heterocycles. The van der Waals surface area contributed by atoms with E-state index in [1.54, 1.807) is 0 Å². The predicted molar refractivity (Wildman–Crippen MR) is 80.6 cm³/mol. The van der Waals surface area contributed by atoms with Crippen molar-refractivity contribution in [3.63, 3.8) is 0 Å².